The first kappa shape index (κ1) is 13.8. The van der Waals surface area contributed by atoms with Crippen molar-refractivity contribution in [2.24, 2.45) is 0 Å². The van der Waals surface area contributed by atoms with Crippen molar-refractivity contribution in [2.45, 2.75) is 46.5 Å². The first-order valence-electron chi connectivity index (χ1n) is 6.40. The average molecular weight is 234 g/mol. The molecule has 0 atom stereocenters. The fourth-order valence-electron chi connectivity index (χ4n) is 1.65. The molecule has 17 heavy (non-hydrogen) atoms. The van der Waals surface area contributed by atoms with Crippen molar-refractivity contribution in [2.75, 3.05) is 6.61 Å². The zero-order valence-electron chi connectivity index (χ0n) is 11.2. The highest BCUT2D eigenvalue weighted by atomic mass is 16.5. The van der Waals surface area contributed by atoms with E-state index in [1.807, 2.05) is 25.1 Å². The minimum Gasteiger partial charge on any atom is -0.493 e. The van der Waals surface area contributed by atoms with Crippen molar-refractivity contribution in [3.8, 4) is 5.75 Å². The summed E-state index contributed by atoms with van der Waals surface area (Å²) >= 11 is 0. The number of hydrogen-bond acceptors (Lipinski definition) is 2. The Morgan fingerprint density at radius 1 is 1.29 bits per heavy atom. The van der Waals surface area contributed by atoms with Gasteiger partial charge in [-0.3, -0.25) is 4.79 Å². The van der Waals surface area contributed by atoms with Crippen molar-refractivity contribution >= 4 is 5.78 Å². The van der Waals surface area contributed by atoms with Crippen LogP contribution < -0.4 is 4.74 Å². The van der Waals surface area contributed by atoms with Gasteiger partial charge in [-0.05, 0) is 30.0 Å². The Morgan fingerprint density at radius 2 is 2.00 bits per heavy atom. The molecule has 2 nitrogen and oxygen atoms in total. The van der Waals surface area contributed by atoms with Gasteiger partial charge in [-0.1, -0.05) is 33.8 Å². The molecule has 0 saturated heterocycles. The molecule has 1 aromatic carbocycles. The van der Waals surface area contributed by atoms with Crippen LogP contribution in [0.1, 0.15) is 62.4 Å². The Kier molecular flexibility index (Phi) is 5.20. The molecule has 0 heterocycles. The monoisotopic (exact) mass is 234 g/mol. The molecular weight excluding hydrogens is 212 g/mol. The maximum atomic E-state index is 11.9. The molecule has 1 rings (SSSR count). The van der Waals surface area contributed by atoms with Gasteiger partial charge in [0.15, 0.2) is 5.78 Å². The van der Waals surface area contributed by atoms with E-state index in [4.69, 9.17) is 4.74 Å². The quantitative estimate of drug-likeness (QED) is 0.690. The summed E-state index contributed by atoms with van der Waals surface area (Å²) in [4.78, 5) is 11.9. The average Bonchev–Trinajstić information content (AvgIpc) is 2.35. The fourth-order valence-corrected chi connectivity index (χ4v) is 1.65. The lowest BCUT2D eigenvalue weighted by Gasteiger charge is -2.13. The molecule has 0 aliphatic rings. The Bertz CT molecular complexity index is 381. The summed E-state index contributed by atoms with van der Waals surface area (Å²) in [6.45, 7) is 8.85. The van der Waals surface area contributed by atoms with Gasteiger partial charge >= 0.3 is 0 Å². The molecule has 1 aromatic rings. The third-order valence-corrected chi connectivity index (χ3v) is 2.75. The van der Waals surface area contributed by atoms with Gasteiger partial charge in [0.1, 0.15) is 5.75 Å². The number of carbonyl (C=O) groups excluding carboxylic acids is 1. The molecular formula is C15H22O2. The minimum absolute atomic E-state index is 0.151. The van der Waals surface area contributed by atoms with Crippen LogP contribution in [0, 0.1) is 0 Å². The predicted molar refractivity (Wildman–Crippen MR) is 70.9 cm³/mol. The van der Waals surface area contributed by atoms with Crippen LogP contribution in [-0.2, 0) is 0 Å². The minimum atomic E-state index is 0.151. The largest absolute Gasteiger partial charge is 0.493 e. The van der Waals surface area contributed by atoms with Crippen LogP contribution in [0.3, 0.4) is 0 Å². The lowest BCUT2D eigenvalue weighted by molar-refractivity contribution is 0.0984. The highest BCUT2D eigenvalue weighted by Crippen LogP contribution is 2.25. The molecule has 0 spiro atoms. The number of Topliss-reactive ketones (excluding diaryl/α,β-unsaturated/α-hetero) is 1. The molecule has 0 N–H and O–H groups in total. The van der Waals surface area contributed by atoms with E-state index in [0.717, 1.165) is 17.7 Å². The Labute approximate surface area is 104 Å². The van der Waals surface area contributed by atoms with E-state index >= 15 is 0 Å². The van der Waals surface area contributed by atoms with Gasteiger partial charge in [-0.2, -0.15) is 0 Å². The van der Waals surface area contributed by atoms with Crippen LogP contribution in [0.2, 0.25) is 0 Å². The van der Waals surface area contributed by atoms with Gasteiger partial charge in [0, 0.05) is 6.42 Å². The predicted octanol–water partition coefficient (Wildman–Crippen LogP) is 4.19. The van der Waals surface area contributed by atoms with Gasteiger partial charge in [-0.15, -0.1) is 0 Å². The highest BCUT2D eigenvalue weighted by molar-refractivity contribution is 5.98. The zero-order chi connectivity index (χ0) is 12.8. The number of ketones is 1. The molecule has 0 aromatic heterocycles. The fraction of sp³-hybridized carbons (Fsp3) is 0.533. The third kappa shape index (κ3) is 3.58. The molecule has 0 aliphatic carbocycles. The van der Waals surface area contributed by atoms with Crippen LogP contribution in [0.15, 0.2) is 18.2 Å². The van der Waals surface area contributed by atoms with Crippen molar-refractivity contribution < 1.29 is 9.53 Å². The van der Waals surface area contributed by atoms with Crippen LogP contribution in [0.5, 0.6) is 5.75 Å². The van der Waals surface area contributed by atoms with E-state index in [1.165, 1.54) is 5.56 Å². The maximum absolute atomic E-state index is 11.9. The molecule has 0 unspecified atom stereocenters. The number of hydrogen-bond donors (Lipinski definition) is 0. The van der Waals surface area contributed by atoms with Crippen LogP contribution in [-0.4, -0.2) is 12.4 Å². The van der Waals surface area contributed by atoms with Crippen molar-refractivity contribution in [3.63, 3.8) is 0 Å². The van der Waals surface area contributed by atoms with E-state index < -0.39 is 0 Å². The van der Waals surface area contributed by atoms with Gasteiger partial charge in [-0.25, -0.2) is 0 Å². The smallest absolute Gasteiger partial charge is 0.166 e. The zero-order valence-corrected chi connectivity index (χ0v) is 11.2. The second-order valence-electron chi connectivity index (χ2n) is 4.54. The molecule has 94 valence electrons. The maximum Gasteiger partial charge on any atom is 0.166 e. The van der Waals surface area contributed by atoms with Crippen molar-refractivity contribution in [3.05, 3.63) is 29.3 Å². The summed E-state index contributed by atoms with van der Waals surface area (Å²) < 4.78 is 5.62. The number of carbonyl (C=O) groups is 1. The molecule has 0 bridgehead atoms. The summed E-state index contributed by atoms with van der Waals surface area (Å²) in [5.74, 6) is 1.31. The number of benzene rings is 1. The van der Waals surface area contributed by atoms with E-state index in [-0.39, 0.29) is 5.78 Å². The molecule has 0 amide bonds. The molecule has 0 fully saturated rings. The SMILES string of the molecule is CCCOc1ccc(C(C)C)cc1C(=O)CC. The normalized spacial score (nSPS) is 10.6. The lowest BCUT2D eigenvalue weighted by atomic mass is 9.98. The van der Waals surface area contributed by atoms with E-state index in [9.17, 15) is 4.79 Å². The van der Waals surface area contributed by atoms with Crippen molar-refractivity contribution in [1.82, 2.24) is 0 Å². The van der Waals surface area contributed by atoms with Crippen molar-refractivity contribution in [1.29, 1.82) is 0 Å². The summed E-state index contributed by atoms with van der Waals surface area (Å²) in [6, 6.07) is 5.94. The number of ether oxygens (including phenoxy) is 1. The second kappa shape index (κ2) is 6.43. The van der Waals surface area contributed by atoms with Crippen LogP contribution in [0.4, 0.5) is 0 Å². The van der Waals surface area contributed by atoms with Gasteiger partial charge in [0.25, 0.3) is 0 Å². The van der Waals surface area contributed by atoms with Gasteiger partial charge in [0.05, 0.1) is 12.2 Å². The Morgan fingerprint density at radius 3 is 2.53 bits per heavy atom. The van der Waals surface area contributed by atoms with E-state index in [0.29, 0.717) is 18.9 Å². The summed E-state index contributed by atoms with van der Waals surface area (Å²) in [5, 5.41) is 0. The first-order chi connectivity index (χ1) is 8.10. The van der Waals surface area contributed by atoms with Gasteiger partial charge in [0.2, 0.25) is 0 Å². The highest BCUT2D eigenvalue weighted by Gasteiger charge is 2.13. The topological polar surface area (TPSA) is 26.3 Å². The lowest BCUT2D eigenvalue weighted by Crippen LogP contribution is -2.05. The van der Waals surface area contributed by atoms with Crippen LogP contribution in [0.25, 0.3) is 0 Å². The first-order valence-corrected chi connectivity index (χ1v) is 6.40. The Balaban J connectivity index is 3.07. The standard InChI is InChI=1S/C15H22O2/c1-5-9-17-15-8-7-12(11(3)4)10-13(15)14(16)6-2/h7-8,10-11H,5-6,9H2,1-4H3. The number of rotatable bonds is 6. The second-order valence-corrected chi connectivity index (χ2v) is 4.54. The summed E-state index contributed by atoms with van der Waals surface area (Å²) in [7, 11) is 0. The van der Waals surface area contributed by atoms with Crippen LogP contribution >= 0.6 is 0 Å². The van der Waals surface area contributed by atoms with E-state index in [2.05, 4.69) is 20.8 Å². The molecule has 0 saturated carbocycles. The molecule has 0 radical (unpaired) electrons. The van der Waals surface area contributed by atoms with Gasteiger partial charge < -0.3 is 4.74 Å². The molecule has 0 aliphatic heterocycles. The molecule has 2 heteroatoms. The summed E-state index contributed by atoms with van der Waals surface area (Å²) in [6.07, 6.45) is 1.47. The third-order valence-electron chi connectivity index (χ3n) is 2.75. The summed E-state index contributed by atoms with van der Waals surface area (Å²) in [5.41, 5.74) is 1.91. The Hall–Kier alpha value is -1.31. The van der Waals surface area contributed by atoms with E-state index in [1.54, 1.807) is 0 Å².